The first-order chi connectivity index (χ1) is 11.3. The fourth-order valence-corrected chi connectivity index (χ4v) is 2.68. The van der Waals surface area contributed by atoms with E-state index in [1.807, 2.05) is 0 Å². The summed E-state index contributed by atoms with van der Waals surface area (Å²) < 4.78 is 0. The summed E-state index contributed by atoms with van der Waals surface area (Å²) in [5.74, 6) is 0.310. The molecule has 0 bridgehead atoms. The van der Waals surface area contributed by atoms with Crippen LogP contribution in [0.4, 0.5) is 0 Å². The third-order valence-electron chi connectivity index (χ3n) is 4.20. The lowest BCUT2D eigenvalue weighted by molar-refractivity contribution is -0.117. The molecule has 0 aliphatic rings. The lowest BCUT2D eigenvalue weighted by Gasteiger charge is -1.99. The third-order valence-corrected chi connectivity index (χ3v) is 4.20. The zero-order valence-electron chi connectivity index (χ0n) is 15.8. The van der Waals surface area contributed by atoms with Crippen LogP contribution in [0.15, 0.2) is 24.3 Å². The summed E-state index contributed by atoms with van der Waals surface area (Å²) in [7, 11) is 0. The molecule has 1 heteroatoms. The summed E-state index contributed by atoms with van der Waals surface area (Å²) in [5.41, 5.74) is 0. The second-order valence-corrected chi connectivity index (χ2v) is 6.73. The van der Waals surface area contributed by atoms with Crippen LogP contribution in [-0.2, 0) is 4.79 Å². The fourth-order valence-electron chi connectivity index (χ4n) is 2.68. The van der Waals surface area contributed by atoms with Crippen LogP contribution in [-0.4, -0.2) is 5.78 Å². The highest BCUT2D eigenvalue weighted by molar-refractivity contribution is 5.75. The predicted octanol–water partition coefficient (Wildman–Crippen LogP) is 7.56. The zero-order chi connectivity index (χ0) is 17.0. The number of ketones is 1. The van der Waals surface area contributed by atoms with Gasteiger partial charge in [0.25, 0.3) is 0 Å². The van der Waals surface area contributed by atoms with E-state index >= 15 is 0 Å². The molecular formula is C22H40O. The molecule has 0 N–H and O–H groups in total. The molecule has 0 unspecified atom stereocenters. The Labute approximate surface area is 145 Å². The summed E-state index contributed by atoms with van der Waals surface area (Å²) in [6.07, 6.45) is 28.1. The quantitative estimate of drug-likeness (QED) is 0.199. The van der Waals surface area contributed by atoms with Crippen LogP contribution in [0, 0.1) is 0 Å². The summed E-state index contributed by atoms with van der Waals surface area (Å²) in [6, 6.07) is 0. The Bertz CT molecular complexity index is 301. The number of carbonyl (C=O) groups is 1. The molecule has 134 valence electrons. The van der Waals surface area contributed by atoms with Gasteiger partial charge in [-0.25, -0.2) is 0 Å². The maximum Gasteiger partial charge on any atom is 0.129 e. The normalized spacial score (nSPS) is 11.7. The first-order valence-corrected chi connectivity index (χ1v) is 10.1. The molecule has 23 heavy (non-hydrogen) atoms. The molecule has 0 amide bonds. The fraction of sp³-hybridized carbons (Fsp3) is 0.773. The smallest absolute Gasteiger partial charge is 0.129 e. The molecule has 0 aromatic heterocycles. The number of hydrogen-bond acceptors (Lipinski definition) is 1. The molecule has 0 aromatic rings. The molecule has 0 aromatic carbocycles. The highest BCUT2D eigenvalue weighted by Crippen LogP contribution is 2.09. The van der Waals surface area contributed by atoms with Crippen molar-refractivity contribution in [2.24, 2.45) is 0 Å². The Morgan fingerprint density at radius 3 is 1.43 bits per heavy atom. The molecule has 0 saturated heterocycles. The van der Waals surface area contributed by atoms with Crippen LogP contribution in [0.25, 0.3) is 0 Å². The Morgan fingerprint density at radius 2 is 1.00 bits per heavy atom. The first-order valence-electron chi connectivity index (χ1n) is 10.1. The number of hydrogen-bond donors (Lipinski definition) is 0. The second-order valence-electron chi connectivity index (χ2n) is 6.73. The lowest BCUT2D eigenvalue weighted by atomic mass is 10.1. The minimum atomic E-state index is 0.310. The van der Waals surface area contributed by atoms with Crippen LogP contribution in [0.1, 0.15) is 110 Å². The Morgan fingerprint density at radius 1 is 0.609 bits per heavy atom. The highest BCUT2D eigenvalue weighted by atomic mass is 16.1. The van der Waals surface area contributed by atoms with E-state index in [9.17, 15) is 4.79 Å². The van der Waals surface area contributed by atoms with Gasteiger partial charge in [-0.2, -0.15) is 0 Å². The maximum absolute atomic E-state index is 10.8. The van der Waals surface area contributed by atoms with E-state index in [4.69, 9.17) is 0 Å². The van der Waals surface area contributed by atoms with Gasteiger partial charge in [0, 0.05) is 6.42 Å². The number of allylic oxidation sites excluding steroid dienone is 4. The van der Waals surface area contributed by atoms with Crippen LogP contribution in [0.3, 0.4) is 0 Å². The first kappa shape index (κ1) is 22.1. The average Bonchev–Trinajstić information content (AvgIpc) is 2.53. The van der Waals surface area contributed by atoms with Gasteiger partial charge in [0.2, 0.25) is 0 Å². The zero-order valence-corrected chi connectivity index (χ0v) is 15.8. The van der Waals surface area contributed by atoms with Crippen LogP contribution < -0.4 is 0 Å². The second kappa shape index (κ2) is 19.2. The standard InChI is InChI=1S/C22H40O/c1-3-4-5-6-7-8-9-10-11-12-13-14-15-16-17-18-19-20-21-22(2)23/h8-9,17-18H,3-7,10-16,19-21H2,1-2H3/b9-8+,18-17+. The van der Waals surface area contributed by atoms with Gasteiger partial charge >= 0.3 is 0 Å². The molecule has 0 spiro atoms. The largest absolute Gasteiger partial charge is 0.300 e. The van der Waals surface area contributed by atoms with E-state index in [1.54, 1.807) is 6.92 Å². The van der Waals surface area contributed by atoms with Crippen molar-refractivity contribution in [3.8, 4) is 0 Å². The molecule has 1 nitrogen and oxygen atoms in total. The minimum absolute atomic E-state index is 0.310. The van der Waals surface area contributed by atoms with Crippen molar-refractivity contribution in [1.29, 1.82) is 0 Å². The van der Waals surface area contributed by atoms with Crippen molar-refractivity contribution in [2.45, 2.75) is 110 Å². The number of rotatable bonds is 17. The van der Waals surface area contributed by atoms with E-state index in [2.05, 4.69) is 31.2 Å². The molecule has 0 fully saturated rings. The molecule has 0 aliphatic heterocycles. The number of unbranched alkanes of at least 4 members (excludes halogenated alkanes) is 11. The highest BCUT2D eigenvalue weighted by Gasteiger charge is 1.91. The van der Waals surface area contributed by atoms with E-state index in [-0.39, 0.29) is 0 Å². The van der Waals surface area contributed by atoms with Crippen LogP contribution in [0.5, 0.6) is 0 Å². The molecule has 0 saturated carbocycles. The number of Topliss-reactive ketones (excluding diaryl/α,β-unsaturated/α-hetero) is 1. The van der Waals surface area contributed by atoms with Crippen molar-refractivity contribution in [2.75, 3.05) is 0 Å². The predicted molar refractivity (Wildman–Crippen MR) is 104 cm³/mol. The van der Waals surface area contributed by atoms with Gasteiger partial charge in [-0.1, -0.05) is 69.8 Å². The van der Waals surface area contributed by atoms with Crippen molar-refractivity contribution < 1.29 is 4.79 Å². The SMILES string of the molecule is CCCCCC/C=C/CCCCCCC/C=C/CCCC(C)=O. The summed E-state index contributed by atoms with van der Waals surface area (Å²) in [6.45, 7) is 3.94. The van der Waals surface area contributed by atoms with Gasteiger partial charge in [-0.05, 0) is 58.3 Å². The summed E-state index contributed by atoms with van der Waals surface area (Å²) >= 11 is 0. The summed E-state index contributed by atoms with van der Waals surface area (Å²) in [4.78, 5) is 10.8. The van der Waals surface area contributed by atoms with Crippen LogP contribution in [0.2, 0.25) is 0 Å². The molecule has 0 heterocycles. The topological polar surface area (TPSA) is 17.1 Å². The van der Waals surface area contributed by atoms with Gasteiger partial charge in [0.05, 0.1) is 0 Å². The average molecular weight is 321 g/mol. The molecule has 0 rings (SSSR count). The minimum Gasteiger partial charge on any atom is -0.300 e. The molecule has 0 atom stereocenters. The van der Waals surface area contributed by atoms with E-state index in [0.29, 0.717) is 5.78 Å². The molecule has 0 radical (unpaired) electrons. The van der Waals surface area contributed by atoms with Crippen molar-refractivity contribution in [3.05, 3.63) is 24.3 Å². The van der Waals surface area contributed by atoms with E-state index in [1.165, 1.54) is 77.0 Å². The monoisotopic (exact) mass is 320 g/mol. The van der Waals surface area contributed by atoms with E-state index < -0.39 is 0 Å². The van der Waals surface area contributed by atoms with Crippen molar-refractivity contribution >= 4 is 5.78 Å². The Kier molecular flexibility index (Phi) is 18.5. The third kappa shape index (κ3) is 21.1. The number of carbonyl (C=O) groups excluding carboxylic acids is 1. The maximum atomic E-state index is 10.8. The van der Waals surface area contributed by atoms with Crippen LogP contribution >= 0.6 is 0 Å². The van der Waals surface area contributed by atoms with Gasteiger partial charge < -0.3 is 4.79 Å². The van der Waals surface area contributed by atoms with Gasteiger partial charge in [-0.15, -0.1) is 0 Å². The Balaban J connectivity index is 3.14. The Hall–Kier alpha value is -0.850. The van der Waals surface area contributed by atoms with Crippen molar-refractivity contribution in [3.63, 3.8) is 0 Å². The lowest BCUT2D eigenvalue weighted by Crippen LogP contribution is -1.87. The van der Waals surface area contributed by atoms with Crippen molar-refractivity contribution in [1.82, 2.24) is 0 Å². The van der Waals surface area contributed by atoms with Gasteiger partial charge in [0.1, 0.15) is 5.78 Å². The molecule has 0 aliphatic carbocycles. The van der Waals surface area contributed by atoms with E-state index in [0.717, 1.165) is 19.3 Å². The van der Waals surface area contributed by atoms with Gasteiger partial charge in [0.15, 0.2) is 0 Å². The summed E-state index contributed by atoms with van der Waals surface area (Å²) in [5, 5.41) is 0. The molecular weight excluding hydrogens is 280 g/mol. The van der Waals surface area contributed by atoms with Gasteiger partial charge in [-0.3, -0.25) is 0 Å².